The van der Waals surface area contributed by atoms with E-state index >= 15 is 0 Å². The van der Waals surface area contributed by atoms with Crippen LogP contribution in [0.15, 0.2) is 66.7 Å². The van der Waals surface area contributed by atoms with Crippen LogP contribution in [0.3, 0.4) is 0 Å². The van der Waals surface area contributed by atoms with Gasteiger partial charge in [0, 0.05) is 6.07 Å². The third-order valence-corrected chi connectivity index (χ3v) is 3.54. The highest BCUT2D eigenvalue weighted by Gasteiger charge is 2.08. The number of rotatable bonds is 6. The number of hydrogen-bond acceptors (Lipinski definition) is 5. The van der Waals surface area contributed by atoms with Gasteiger partial charge in [-0.05, 0) is 47.5 Å². The van der Waals surface area contributed by atoms with Gasteiger partial charge in [-0.2, -0.15) is 0 Å². The van der Waals surface area contributed by atoms with Gasteiger partial charge in [0.15, 0.2) is 11.5 Å². The fraction of sp³-hybridized carbons (Fsp3) is 0.100. The van der Waals surface area contributed by atoms with Gasteiger partial charge in [-0.25, -0.2) is 0 Å². The summed E-state index contributed by atoms with van der Waals surface area (Å²) in [6.07, 6.45) is 0. The molecule has 0 aliphatic heterocycles. The smallest absolute Gasteiger partial charge is 0.165 e. The third kappa shape index (κ3) is 4.57. The molecule has 3 aromatic rings. The molecule has 3 rings (SSSR count). The molecule has 0 heterocycles. The Hall–Kier alpha value is -3.34. The van der Waals surface area contributed by atoms with Crippen molar-refractivity contribution in [3.8, 4) is 28.7 Å². The molecule has 0 atom stereocenters. The second-order valence-corrected chi connectivity index (χ2v) is 5.55. The van der Waals surface area contributed by atoms with E-state index in [9.17, 15) is 15.3 Å². The van der Waals surface area contributed by atoms with Crippen LogP contribution in [0.25, 0.3) is 0 Å². The summed E-state index contributed by atoms with van der Waals surface area (Å²) in [5, 5.41) is 28.7. The molecule has 0 unspecified atom stereocenters. The van der Waals surface area contributed by atoms with Gasteiger partial charge in [-0.15, -0.1) is 0 Å². The molecule has 128 valence electrons. The molecule has 0 bridgehead atoms. The van der Waals surface area contributed by atoms with Crippen molar-refractivity contribution >= 4 is 0 Å². The Morgan fingerprint density at radius 3 is 1.64 bits per heavy atom. The zero-order valence-electron chi connectivity index (χ0n) is 13.4. The maximum Gasteiger partial charge on any atom is 0.165 e. The highest BCUT2D eigenvalue weighted by molar-refractivity contribution is 5.45. The van der Waals surface area contributed by atoms with E-state index in [0.717, 1.165) is 11.1 Å². The number of benzene rings is 3. The molecule has 0 aliphatic rings. The Balaban J connectivity index is 1.71. The molecule has 0 amide bonds. The van der Waals surface area contributed by atoms with E-state index in [1.807, 2.05) is 12.1 Å². The maximum absolute atomic E-state index is 9.69. The molecular weight excluding hydrogens is 320 g/mol. The number of aromatic hydroxyl groups is 3. The molecule has 0 aliphatic carbocycles. The van der Waals surface area contributed by atoms with Crippen LogP contribution in [-0.4, -0.2) is 15.3 Å². The van der Waals surface area contributed by atoms with E-state index < -0.39 is 0 Å². The van der Waals surface area contributed by atoms with E-state index in [4.69, 9.17) is 9.47 Å². The van der Waals surface area contributed by atoms with Gasteiger partial charge in [0.05, 0.1) is 0 Å². The van der Waals surface area contributed by atoms with Gasteiger partial charge in [0.2, 0.25) is 0 Å². The summed E-state index contributed by atoms with van der Waals surface area (Å²) in [6.45, 7) is 0.474. The van der Waals surface area contributed by atoms with Gasteiger partial charge >= 0.3 is 0 Å². The zero-order valence-corrected chi connectivity index (χ0v) is 13.4. The fourth-order valence-corrected chi connectivity index (χ4v) is 2.34. The van der Waals surface area contributed by atoms with Crippen LogP contribution < -0.4 is 9.47 Å². The van der Waals surface area contributed by atoms with Crippen LogP contribution in [0.4, 0.5) is 0 Å². The van der Waals surface area contributed by atoms with Crippen LogP contribution in [0.1, 0.15) is 11.1 Å². The topological polar surface area (TPSA) is 79.2 Å². The molecule has 3 aromatic carbocycles. The van der Waals surface area contributed by atoms with Crippen molar-refractivity contribution in [3.63, 3.8) is 0 Å². The highest BCUT2D eigenvalue weighted by atomic mass is 16.5. The number of hydrogen-bond donors (Lipinski definition) is 3. The van der Waals surface area contributed by atoms with Crippen LogP contribution >= 0.6 is 0 Å². The fourth-order valence-electron chi connectivity index (χ4n) is 2.34. The predicted octanol–water partition coefficient (Wildman–Crippen LogP) is 3.96. The highest BCUT2D eigenvalue weighted by Crippen LogP contribution is 2.32. The predicted molar refractivity (Wildman–Crippen MR) is 93.0 cm³/mol. The van der Waals surface area contributed by atoms with Gasteiger partial charge in [0.1, 0.15) is 30.5 Å². The van der Waals surface area contributed by atoms with E-state index in [2.05, 4.69) is 0 Å². The molecule has 0 radical (unpaired) electrons. The summed E-state index contributed by atoms with van der Waals surface area (Å²) < 4.78 is 11.5. The summed E-state index contributed by atoms with van der Waals surface area (Å²) in [5.74, 6) is 1.27. The first-order chi connectivity index (χ1) is 12.1. The molecule has 0 saturated carbocycles. The lowest BCUT2D eigenvalue weighted by Crippen LogP contribution is -2.00. The van der Waals surface area contributed by atoms with Crippen molar-refractivity contribution in [2.75, 3.05) is 0 Å². The first-order valence-corrected chi connectivity index (χ1v) is 7.74. The van der Waals surface area contributed by atoms with Crippen LogP contribution in [0.2, 0.25) is 0 Å². The van der Waals surface area contributed by atoms with Gasteiger partial charge in [-0.1, -0.05) is 24.3 Å². The van der Waals surface area contributed by atoms with E-state index in [0.29, 0.717) is 11.5 Å². The largest absolute Gasteiger partial charge is 0.508 e. The normalized spacial score (nSPS) is 10.4. The maximum atomic E-state index is 9.69. The minimum atomic E-state index is 0.0654. The number of phenols is 3. The van der Waals surface area contributed by atoms with E-state index in [-0.39, 0.29) is 30.5 Å². The lowest BCUT2D eigenvalue weighted by atomic mass is 10.2. The van der Waals surface area contributed by atoms with Crippen molar-refractivity contribution in [1.82, 2.24) is 0 Å². The monoisotopic (exact) mass is 338 g/mol. The van der Waals surface area contributed by atoms with Gasteiger partial charge < -0.3 is 24.8 Å². The van der Waals surface area contributed by atoms with Crippen LogP contribution in [-0.2, 0) is 13.2 Å². The molecule has 0 saturated heterocycles. The molecule has 5 nitrogen and oxygen atoms in total. The Labute approximate surface area is 145 Å². The summed E-state index contributed by atoms with van der Waals surface area (Å²) in [4.78, 5) is 0. The molecule has 0 fully saturated rings. The Bertz CT molecular complexity index is 860. The quantitative estimate of drug-likeness (QED) is 0.634. The first kappa shape index (κ1) is 16.5. The lowest BCUT2D eigenvalue weighted by molar-refractivity contribution is 0.254. The molecule has 3 N–H and O–H groups in total. The summed E-state index contributed by atoms with van der Waals surface area (Å²) in [7, 11) is 0. The molecule has 25 heavy (non-hydrogen) atoms. The summed E-state index contributed by atoms with van der Waals surface area (Å²) >= 11 is 0. The van der Waals surface area contributed by atoms with Crippen molar-refractivity contribution in [2.24, 2.45) is 0 Å². The average molecular weight is 338 g/mol. The van der Waals surface area contributed by atoms with Gasteiger partial charge in [-0.3, -0.25) is 0 Å². The number of ether oxygens (including phenoxy) is 2. The van der Waals surface area contributed by atoms with Crippen molar-refractivity contribution in [1.29, 1.82) is 0 Å². The van der Waals surface area contributed by atoms with E-state index in [1.165, 1.54) is 12.1 Å². The second-order valence-electron chi connectivity index (χ2n) is 5.55. The average Bonchev–Trinajstić information content (AvgIpc) is 2.59. The SMILES string of the molecule is Oc1cccc(COc2ccc(O)cc2OCc2cccc(O)c2)c1. The molecule has 0 spiro atoms. The Kier molecular flexibility index (Phi) is 4.95. The second kappa shape index (κ2) is 7.49. The van der Waals surface area contributed by atoms with E-state index in [1.54, 1.807) is 42.5 Å². The number of phenolic OH excluding ortho intramolecular Hbond substituents is 3. The van der Waals surface area contributed by atoms with Crippen LogP contribution in [0, 0.1) is 0 Å². The Morgan fingerprint density at radius 2 is 1.08 bits per heavy atom. The standard InChI is InChI=1S/C20H18O5/c21-16-5-1-3-14(9-16)12-24-19-8-7-18(23)11-20(19)25-13-15-4-2-6-17(22)10-15/h1-11,21-23H,12-13H2. The molecule has 0 aromatic heterocycles. The lowest BCUT2D eigenvalue weighted by Gasteiger charge is -2.13. The minimum Gasteiger partial charge on any atom is -0.508 e. The van der Waals surface area contributed by atoms with Crippen LogP contribution in [0.5, 0.6) is 28.7 Å². The third-order valence-electron chi connectivity index (χ3n) is 3.54. The summed E-state index contributed by atoms with van der Waals surface area (Å²) in [5.41, 5.74) is 1.61. The van der Waals surface area contributed by atoms with Crippen molar-refractivity contribution < 1.29 is 24.8 Å². The first-order valence-electron chi connectivity index (χ1n) is 7.74. The minimum absolute atomic E-state index is 0.0654. The van der Waals surface area contributed by atoms with Gasteiger partial charge in [0.25, 0.3) is 0 Å². The molecule has 5 heteroatoms. The van der Waals surface area contributed by atoms with Crippen molar-refractivity contribution in [2.45, 2.75) is 13.2 Å². The van der Waals surface area contributed by atoms with Crippen molar-refractivity contribution in [3.05, 3.63) is 77.9 Å². The molecular formula is C20H18O5. The zero-order chi connectivity index (χ0) is 17.6. The Morgan fingerprint density at radius 1 is 0.560 bits per heavy atom. The summed E-state index contributed by atoms with van der Waals surface area (Å²) in [6, 6.07) is 18.2.